The minimum absolute atomic E-state index is 0.000579. The molecular weight excluding hydrogens is 566 g/mol. The van der Waals surface area contributed by atoms with Crippen molar-refractivity contribution >= 4 is 23.2 Å². The van der Waals surface area contributed by atoms with Gasteiger partial charge in [-0.1, -0.05) is 85.6 Å². The highest BCUT2D eigenvalue weighted by molar-refractivity contribution is 5.75. The van der Waals surface area contributed by atoms with Gasteiger partial charge in [0.1, 0.15) is 24.7 Å². The smallest absolute Gasteiger partial charge is 0.410 e. The largest absolute Gasteiger partial charge is 0.487 e. The molecule has 1 saturated carbocycles. The van der Waals surface area contributed by atoms with E-state index < -0.39 is 0 Å². The van der Waals surface area contributed by atoms with Crippen LogP contribution in [0.5, 0.6) is 5.75 Å². The lowest BCUT2D eigenvalue weighted by atomic mass is 9.52. The molecule has 4 aromatic carbocycles. The Hall–Kier alpha value is -4.85. The van der Waals surface area contributed by atoms with E-state index >= 15 is 0 Å². The predicted molar refractivity (Wildman–Crippen MR) is 173 cm³/mol. The number of likely N-dealkylation sites (tertiary alicyclic amines) is 1. The van der Waals surface area contributed by atoms with Crippen molar-refractivity contribution in [2.75, 3.05) is 11.9 Å². The summed E-state index contributed by atoms with van der Waals surface area (Å²) in [4.78, 5) is 27.0. The fraction of sp³-hybridized carbons (Fsp3) is 0.324. The van der Waals surface area contributed by atoms with E-state index in [-0.39, 0.29) is 34.8 Å². The first-order chi connectivity index (χ1) is 22.0. The molecule has 230 valence electrons. The number of rotatable bonds is 8. The number of nitro benzene ring substituents is 1. The van der Waals surface area contributed by atoms with Crippen LogP contribution in [0.2, 0.25) is 0 Å². The molecule has 8 nitrogen and oxygen atoms in total. The standard InChI is InChI=1S/C37H37N3O5/c41-36(45-25-27-13-5-2-6-14-27)39-20-19-37-18-10-9-15-29(37)34(39)22-28-21-32(38-31-16-7-8-17-33(31)40(42)43)35(23-30(28)37)44-24-26-11-3-1-4-12-26/h1-8,11-14,16-17,21,23,29,34,38H,9-10,15,18-20,22,24-25H2/t29-,34+,37+/m1/s1. The zero-order valence-corrected chi connectivity index (χ0v) is 25.2. The number of hydrogen-bond donors (Lipinski definition) is 1. The quantitative estimate of drug-likeness (QED) is 0.161. The van der Waals surface area contributed by atoms with Gasteiger partial charge in [-0.25, -0.2) is 4.79 Å². The van der Waals surface area contributed by atoms with Crippen molar-refractivity contribution in [3.8, 4) is 5.75 Å². The normalized spacial score (nSPS) is 21.6. The first kappa shape index (κ1) is 28.9. The van der Waals surface area contributed by atoms with E-state index in [2.05, 4.69) is 17.4 Å². The molecule has 1 N–H and O–H groups in total. The van der Waals surface area contributed by atoms with Crippen molar-refractivity contribution in [2.24, 2.45) is 5.92 Å². The lowest BCUT2D eigenvalue weighted by Gasteiger charge is -2.58. The van der Waals surface area contributed by atoms with Gasteiger partial charge < -0.3 is 19.7 Å². The maximum atomic E-state index is 13.5. The number of carbonyl (C=O) groups is 1. The number of hydrogen-bond acceptors (Lipinski definition) is 6. The first-order valence-corrected chi connectivity index (χ1v) is 15.8. The number of carbonyl (C=O) groups excluding carboxylic acids is 1. The SMILES string of the molecule is O=C(OCc1ccccc1)N1CC[C@@]23CCCC[C@@H]2[C@@H]1Cc1cc(Nc2ccccc2[N+](=O)[O-])c(OCc2ccccc2)cc13. The van der Waals surface area contributed by atoms with Gasteiger partial charge in [0.25, 0.3) is 5.69 Å². The van der Waals surface area contributed by atoms with Crippen LogP contribution in [-0.4, -0.2) is 28.5 Å². The average molecular weight is 604 g/mol. The zero-order chi connectivity index (χ0) is 30.8. The predicted octanol–water partition coefficient (Wildman–Crippen LogP) is 8.31. The Morgan fingerprint density at radius 2 is 1.60 bits per heavy atom. The minimum atomic E-state index is -0.375. The van der Waals surface area contributed by atoms with Crippen LogP contribution < -0.4 is 10.1 Å². The number of para-hydroxylation sites is 2. The third kappa shape index (κ3) is 5.61. The summed E-state index contributed by atoms with van der Waals surface area (Å²) in [6.45, 7) is 1.29. The van der Waals surface area contributed by atoms with E-state index in [1.807, 2.05) is 65.6 Å². The Morgan fingerprint density at radius 1 is 0.889 bits per heavy atom. The summed E-state index contributed by atoms with van der Waals surface area (Å²) in [5.41, 5.74) is 5.52. The van der Waals surface area contributed by atoms with E-state index in [4.69, 9.17) is 9.47 Å². The number of nitrogens with one attached hydrogen (secondary N) is 1. The summed E-state index contributed by atoms with van der Waals surface area (Å²) in [5, 5.41) is 15.2. The number of nitrogens with zero attached hydrogens (tertiary/aromatic N) is 2. The molecule has 2 bridgehead atoms. The van der Waals surface area contributed by atoms with Crippen LogP contribution >= 0.6 is 0 Å². The minimum Gasteiger partial charge on any atom is -0.487 e. The molecule has 1 saturated heterocycles. The van der Waals surface area contributed by atoms with Gasteiger partial charge in [0, 0.05) is 24.1 Å². The van der Waals surface area contributed by atoms with Crippen molar-refractivity contribution < 1.29 is 19.2 Å². The number of fused-ring (bicyclic) bond motifs is 1. The van der Waals surface area contributed by atoms with Gasteiger partial charge in [0.05, 0.1) is 10.6 Å². The fourth-order valence-corrected chi connectivity index (χ4v) is 7.91. The van der Waals surface area contributed by atoms with E-state index in [1.165, 1.54) is 11.6 Å². The molecule has 3 aliphatic rings. The summed E-state index contributed by atoms with van der Waals surface area (Å²) in [5.74, 6) is 1.02. The van der Waals surface area contributed by atoms with E-state index in [0.717, 1.165) is 48.8 Å². The zero-order valence-electron chi connectivity index (χ0n) is 25.2. The lowest BCUT2D eigenvalue weighted by molar-refractivity contribution is -0.383. The molecule has 0 spiro atoms. The Labute approximate surface area is 263 Å². The van der Waals surface area contributed by atoms with Crippen LogP contribution in [0.4, 0.5) is 21.9 Å². The molecule has 3 atom stereocenters. The van der Waals surface area contributed by atoms with Crippen LogP contribution in [0, 0.1) is 16.0 Å². The molecule has 0 radical (unpaired) electrons. The van der Waals surface area contributed by atoms with Crippen molar-refractivity contribution in [1.29, 1.82) is 0 Å². The van der Waals surface area contributed by atoms with Crippen LogP contribution in [0.25, 0.3) is 0 Å². The lowest BCUT2D eigenvalue weighted by Crippen LogP contribution is -2.62. The Bertz CT molecular complexity index is 1700. The molecule has 2 fully saturated rings. The topological polar surface area (TPSA) is 93.9 Å². The summed E-state index contributed by atoms with van der Waals surface area (Å²) in [7, 11) is 0. The molecule has 1 amide bonds. The number of nitro groups is 1. The van der Waals surface area contributed by atoms with Gasteiger partial charge in [-0.3, -0.25) is 10.1 Å². The van der Waals surface area contributed by atoms with Crippen molar-refractivity contribution in [2.45, 2.75) is 63.2 Å². The van der Waals surface area contributed by atoms with Crippen LogP contribution in [0.1, 0.15) is 54.4 Å². The molecule has 1 aliphatic heterocycles. The van der Waals surface area contributed by atoms with Gasteiger partial charge in [-0.15, -0.1) is 0 Å². The van der Waals surface area contributed by atoms with Gasteiger partial charge in [0.15, 0.2) is 0 Å². The van der Waals surface area contributed by atoms with Crippen LogP contribution in [-0.2, 0) is 29.8 Å². The van der Waals surface area contributed by atoms with Crippen molar-refractivity contribution in [3.05, 3.63) is 129 Å². The van der Waals surface area contributed by atoms with Crippen molar-refractivity contribution in [3.63, 3.8) is 0 Å². The molecule has 2 aliphatic carbocycles. The molecule has 45 heavy (non-hydrogen) atoms. The molecule has 4 aromatic rings. The van der Waals surface area contributed by atoms with E-state index in [1.54, 1.807) is 18.2 Å². The Morgan fingerprint density at radius 3 is 2.36 bits per heavy atom. The second-order valence-electron chi connectivity index (χ2n) is 12.4. The maximum absolute atomic E-state index is 13.5. The number of anilines is 2. The average Bonchev–Trinajstić information content (AvgIpc) is 3.07. The number of amides is 1. The maximum Gasteiger partial charge on any atom is 0.410 e. The van der Waals surface area contributed by atoms with E-state index in [9.17, 15) is 14.9 Å². The summed E-state index contributed by atoms with van der Waals surface area (Å²) in [6.07, 6.45) is 5.76. The summed E-state index contributed by atoms with van der Waals surface area (Å²) >= 11 is 0. The Balaban J connectivity index is 1.25. The molecule has 0 aromatic heterocycles. The second-order valence-corrected chi connectivity index (χ2v) is 12.4. The van der Waals surface area contributed by atoms with Gasteiger partial charge >= 0.3 is 6.09 Å². The molecule has 1 heterocycles. The third-order valence-electron chi connectivity index (χ3n) is 9.98. The highest BCUT2D eigenvalue weighted by Crippen LogP contribution is 2.57. The van der Waals surface area contributed by atoms with Crippen LogP contribution in [0.15, 0.2) is 97.1 Å². The highest BCUT2D eigenvalue weighted by atomic mass is 16.6. The van der Waals surface area contributed by atoms with Gasteiger partial charge in [-0.2, -0.15) is 0 Å². The van der Waals surface area contributed by atoms with Crippen LogP contribution in [0.3, 0.4) is 0 Å². The second kappa shape index (κ2) is 12.3. The molecule has 0 unspecified atom stereocenters. The van der Waals surface area contributed by atoms with Gasteiger partial charge in [-0.05, 0) is 72.1 Å². The monoisotopic (exact) mass is 603 g/mol. The number of benzene rings is 4. The number of piperidine rings is 1. The highest BCUT2D eigenvalue weighted by Gasteiger charge is 2.55. The first-order valence-electron chi connectivity index (χ1n) is 15.8. The summed E-state index contributed by atoms with van der Waals surface area (Å²) < 4.78 is 12.3. The number of ether oxygens (including phenoxy) is 2. The summed E-state index contributed by atoms with van der Waals surface area (Å²) in [6, 6.07) is 30.8. The third-order valence-corrected chi connectivity index (χ3v) is 9.98. The molecule has 8 heteroatoms. The fourth-order valence-electron chi connectivity index (χ4n) is 7.91. The Kier molecular flexibility index (Phi) is 7.88. The van der Waals surface area contributed by atoms with E-state index in [0.29, 0.717) is 42.6 Å². The molecular formula is C37H37N3O5. The van der Waals surface area contributed by atoms with Crippen molar-refractivity contribution in [1.82, 2.24) is 4.90 Å². The molecule has 7 rings (SSSR count). The van der Waals surface area contributed by atoms with Gasteiger partial charge in [0.2, 0.25) is 0 Å².